The molecule has 2 saturated carbocycles. The number of aromatic hydroxyl groups is 1. The van der Waals surface area contributed by atoms with E-state index in [1.165, 1.54) is 50.0 Å². The predicted octanol–water partition coefficient (Wildman–Crippen LogP) is 6.06. The lowest BCUT2D eigenvalue weighted by atomic mass is 9.72. The topological polar surface area (TPSA) is 119 Å². The third-order valence-corrected chi connectivity index (χ3v) is 14.0. The number of hydrogen-bond acceptors (Lipinski definition) is 7. The molecule has 5 aliphatic rings. The second-order valence-electron chi connectivity index (χ2n) is 15.6. The number of ether oxygens (including phenoxy) is 1. The highest BCUT2D eigenvalue weighted by Crippen LogP contribution is 2.68. The third-order valence-electron chi connectivity index (χ3n) is 12.6. The van der Waals surface area contributed by atoms with Gasteiger partial charge in [0, 0.05) is 56.8 Å². The molecule has 2 amide bonds. The van der Waals surface area contributed by atoms with Crippen molar-refractivity contribution in [3.8, 4) is 11.5 Å². The third kappa shape index (κ3) is 5.86. The van der Waals surface area contributed by atoms with E-state index in [2.05, 4.69) is 32.7 Å². The van der Waals surface area contributed by atoms with Crippen LogP contribution in [0.15, 0.2) is 60.7 Å². The molecular weight excluding hydrogens is 665 g/mol. The Labute approximate surface area is 301 Å². The molecule has 3 heterocycles. The number of piperidine rings is 1. The number of fused-ring (bicyclic) bond motifs is 7. The molecule has 2 N–H and O–H groups in total. The average molecular weight is 713 g/mol. The van der Waals surface area contributed by atoms with E-state index in [1.54, 1.807) is 19.2 Å². The van der Waals surface area contributed by atoms with Gasteiger partial charge in [0.2, 0.25) is 5.91 Å². The molecule has 0 aromatic heterocycles. The van der Waals surface area contributed by atoms with Gasteiger partial charge in [0.15, 0.2) is 0 Å². The van der Waals surface area contributed by atoms with Crippen molar-refractivity contribution >= 4 is 27.7 Å². The zero-order valence-electron chi connectivity index (χ0n) is 29.7. The summed E-state index contributed by atoms with van der Waals surface area (Å²) in [4.78, 5) is 32.8. The van der Waals surface area contributed by atoms with Crippen LogP contribution in [-0.2, 0) is 15.0 Å². The van der Waals surface area contributed by atoms with Gasteiger partial charge < -0.3 is 19.6 Å². The number of carbonyl (C=O) groups excluding carboxylic acids is 2. The molecule has 11 heteroatoms. The molecule has 4 unspecified atom stereocenters. The number of nitrogens with zero attached hydrogens (tertiary/aromatic N) is 3. The van der Waals surface area contributed by atoms with Gasteiger partial charge in [-0.15, -0.1) is 0 Å². The van der Waals surface area contributed by atoms with Crippen molar-refractivity contribution in [1.82, 2.24) is 13.9 Å². The van der Waals surface area contributed by atoms with Gasteiger partial charge >= 0.3 is 10.2 Å². The quantitative estimate of drug-likeness (QED) is 0.306. The van der Waals surface area contributed by atoms with Gasteiger partial charge in [-0.25, -0.2) is 4.72 Å². The summed E-state index contributed by atoms with van der Waals surface area (Å²) in [7, 11) is 0.485. The highest BCUT2D eigenvalue weighted by atomic mass is 32.2. The van der Waals surface area contributed by atoms with Crippen LogP contribution in [0, 0.1) is 11.3 Å². The largest absolute Gasteiger partial charge is 0.508 e. The second-order valence-corrected chi connectivity index (χ2v) is 17.4. The summed E-state index contributed by atoms with van der Waals surface area (Å²) >= 11 is 0. The first-order chi connectivity index (χ1) is 24.5. The van der Waals surface area contributed by atoms with Crippen molar-refractivity contribution in [1.29, 1.82) is 0 Å². The Bertz CT molecular complexity index is 1970. The summed E-state index contributed by atoms with van der Waals surface area (Å²) in [6.07, 6.45) is 8.29. The van der Waals surface area contributed by atoms with Gasteiger partial charge in [0.25, 0.3) is 5.91 Å². The summed E-state index contributed by atoms with van der Waals surface area (Å²) in [5, 5.41) is 10.1. The van der Waals surface area contributed by atoms with E-state index in [9.17, 15) is 23.1 Å². The molecule has 0 bridgehead atoms. The van der Waals surface area contributed by atoms with Gasteiger partial charge in [-0.2, -0.15) is 12.7 Å². The number of rotatable bonds is 7. The highest BCUT2D eigenvalue weighted by molar-refractivity contribution is 7.87. The van der Waals surface area contributed by atoms with Gasteiger partial charge in [-0.1, -0.05) is 43.5 Å². The molecule has 0 spiro atoms. The van der Waals surface area contributed by atoms with Crippen LogP contribution in [-0.4, -0.2) is 75.4 Å². The van der Waals surface area contributed by atoms with Crippen LogP contribution in [0.1, 0.15) is 108 Å². The number of hydrogen-bond donors (Lipinski definition) is 2. The first-order valence-corrected chi connectivity index (χ1v) is 19.9. The minimum Gasteiger partial charge on any atom is -0.508 e. The van der Waals surface area contributed by atoms with E-state index in [0.717, 1.165) is 53.4 Å². The Morgan fingerprint density at radius 2 is 1.67 bits per heavy atom. The normalized spacial score (nSPS) is 26.1. The summed E-state index contributed by atoms with van der Waals surface area (Å²) in [5.74, 6) is 1.54. The minimum atomic E-state index is -3.98. The lowest BCUT2D eigenvalue weighted by Crippen LogP contribution is -2.46. The zero-order chi connectivity index (χ0) is 35.7. The zero-order valence-corrected chi connectivity index (χ0v) is 30.5. The van der Waals surface area contributed by atoms with Gasteiger partial charge in [-0.05, 0) is 103 Å². The number of benzene rings is 3. The summed E-state index contributed by atoms with van der Waals surface area (Å²) in [6.45, 7) is 1.85. The average Bonchev–Trinajstić information content (AvgIpc) is 3.81. The van der Waals surface area contributed by atoms with Crippen molar-refractivity contribution < 1.29 is 27.9 Å². The molecule has 3 aromatic carbocycles. The fourth-order valence-electron chi connectivity index (χ4n) is 9.80. The van der Waals surface area contributed by atoms with Crippen LogP contribution in [0.2, 0.25) is 0 Å². The maximum Gasteiger partial charge on any atom is 0.303 e. The molecule has 51 heavy (non-hydrogen) atoms. The number of likely N-dealkylation sites (tertiary alicyclic amines) is 1. The predicted molar refractivity (Wildman–Crippen MR) is 195 cm³/mol. The fourth-order valence-corrected chi connectivity index (χ4v) is 10.3. The van der Waals surface area contributed by atoms with Gasteiger partial charge in [0.1, 0.15) is 11.5 Å². The first kappa shape index (κ1) is 34.0. The summed E-state index contributed by atoms with van der Waals surface area (Å²) in [5.41, 5.74) is 5.28. The Balaban J connectivity index is 1.18. The molecule has 3 fully saturated rings. The van der Waals surface area contributed by atoms with E-state index < -0.39 is 21.5 Å². The molecule has 8 rings (SSSR count). The molecular formula is C40H48N4O6S. The number of phenolic OH excluding ortho intramolecular Hbond substituents is 1. The lowest BCUT2D eigenvalue weighted by molar-refractivity contribution is -0.138. The van der Waals surface area contributed by atoms with Crippen molar-refractivity contribution in [2.75, 3.05) is 45.7 Å². The lowest BCUT2D eigenvalue weighted by Gasteiger charge is -2.38. The van der Waals surface area contributed by atoms with E-state index in [0.29, 0.717) is 31.5 Å². The molecule has 2 aliphatic carbocycles. The molecule has 10 nitrogen and oxygen atoms in total. The van der Waals surface area contributed by atoms with Crippen LogP contribution in [0.5, 0.6) is 11.5 Å². The van der Waals surface area contributed by atoms with Crippen molar-refractivity contribution in [3.05, 3.63) is 88.5 Å². The van der Waals surface area contributed by atoms with Crippen molar-refractivity contribution in [2.24, 2.45) is 11.3 Å². The minimum absolute atomic E-state index is 0.0122. The van der Waals surface area contributed by atoms with E-state index in [-0.39, 0.29) is 35.1 Å². The summed E-state index contributed by atoms with van der Waals surface area (Å²) < 4.78 is 34.2. The van der Waals surface area contributed by atoms with Crippen molar-refractivity contribution in [3.63, 3.8) is 0 Å². The fraction of sp³-hybridized carbons (Fsp3) is 0.500. The maximum absolute atomic E-state index is 14.9. The second kappa shape index (κ2) is 12.8. The number of phenols is 1. The SMILES string of the molecule is COc1ccc2c(c1)C1CC1(C(=O)N1CCC(c3cccc(O)c3)CC1)CN1c3cc(C(=O)NS(=O)(=O)N(C)C)ccc3C(C3CCCCC3)C21. The first-order valence-electron chi connectivity index (χ1n) is 18.4. The summed E-state index contributed by atoms with van der Waals surface area (Å²) in [6, 6.07) is 19.5. The smallest absolute Gasteiger partial charge is 0.303 e. The monoisotopic (exact) mass is 712 g/mol. The molecule has 0 radical (unpaired) electrons. The number of nitrogens with one attached hydrogen (secondary N) is 1. The van der Waals surface area contributed by atoms with E-state index in [1.807, 2.05) is 30.3 Å². The van der Waals surface area contributed by atoms with E-state index in [4.69, 9.17) is 4.74 Å². The molecule has 270 valence electrons. The van der Waals surface area contributed by atoms with Gasteiger partial charge in [0.05, 0.1) is 18.6 Å². The van der Waals surface area contributed by atoms with Crippen LogP contribution >= 0.6 is 0 Å². The molecule has 4 atom stereocenters. The number of anilines is 1. The van der Waals surface area contributed by atoms with Crippen LogP contribution in [0.25, 0.3) is 0 Å². The van der Waals surface area contributed by atoms with Crippen molar-refractivity contribution in [2.45, 2.75) is 75.2 Å². The number of carbonyl (C=O) groups is 2. The van der Waals surface area contributed by atoms with Gasteiger partial charge in [-0.3, -0.25) is 9.59 Å². The number of amides is 2. The van der Waals surface area contributed by atoms with Crippen LogP contribution < -0.4 is 14.4 Å². The Kier molecular flexibility index (Phi) is 8.57. The van der Waals surface area contributed by atoms with Crippen LogP contribution in [0.4, 0.5) is 5.69 Å². The highest BCUT2D eigenvalue weighted by Gasteiger charge is 2.66. The molecule has 1 saturated heterocycles. The Morgan fingerprint density at radius 1 is 0.922 bits per heavy atom. The maximum atomic E-state index is 14.9. The Hall–Kier alpha value is -4.09. The number of methoxy groups -OCH3 is 1. The van der Waals surface area contributed by atoms with E-state index >= 15 is 0 Å². The van der Waals surface area contributed by atoms with Crippen LogP contribution in [0.3, 0.4) is 0 Å². The standard InChI is InChI=1S/C40H48N4O6S/c1-42(2)51(48,49)41-38(46)28-12-14-32-35(21-28)44-24-40(39(47)43-18-16-25(17-19-43)27-10-7-11-29(45)20-27)23-34(40)33-22-30(50-3)13-15-31(33)37(44)36(32)26-8-5-4-6-9-26/h7,10-15,20-22,25-26,34,36-37,45H,4-6,8-9,16-19,23-24H2,1-3H3,(H,41,46). The molecule has 3 aliphatic heterocycles. The Morgan fingerprint density at radius 3 is 2.37 bits per heavy atom. The molecule has 3 aromatic rings.